The number of nitrogens with zero attached hydrogens (tertiary/aromatic N) is 3. The number of halogens is 2. The molecule has 5 rings (SSSR count). The molecule has 0 saturated carbocycles. The zero-order valence-electron chi connectivity index (χ0n) is 17.8. The summed E-state index contributed by atoms with van der Waals surface area (Å²) in [4.78, 5) is 22.2. The Morgan fingerprint density at radius 2 is 1.91 bits per heavy atom. The van der Waals surface area contributed by atoms with Crippen molar-refractivity contribution in [2.24, 2.45) is 7.05 Å². The third-order valence-corrected chi connectivity index (χ3v) is 6.53. The van der Waals surface area contributed by atoms with Crippen LogP contribution in [0.15, 0.2) is 53.6 Å². The van der Waals surface area contributed by atoms with Gasteiger partial charge < -0.3 is 15.2 Å². The molecule has 2 N–H and O–H groups in total. The first kappa shape index (κ1) is 20.9. The van der Waals surface area contributed by atoms with Crippen molar-refractivity contribution in [3.63, 3.8) is 0 Å². The number of benzene rings is 2. The molecule has 0 aliphatic carbocycles. The van der Waals surface area contributed by atoms with Gasteiger partial charge in [0.15, 0.2) is 0 Å². The number of aryl methyl sites for hydroxylation is 1. The molecule has 162 valence electrons. The molecule has 0 bridgehead atoms. The molecule has 1 aliphatic rings. The van der Waals surface area contributed by atoms with Crippen LogP contribution in [0.25, 0.3) is 22.2 Å². The second kappa shape index (κ2) is 7.59. The van der Waals surface area contributed by atoms with Crippen molar-refractivity contribution in [2.75, 3.05) is 5.32 Å². The predicted octanol–water partition coefficient (Wildman–Crippen LogP) is 5.38. The first-order valence-electron chi connectivity index (χ1n) is 10.2. The Kier molecular flexibility index (Phi) is 4.97. The van der Waals surface area contributed by atoms with E-state index in [1.165, 1.54) is 11.1 Å². The van der Waals surface area contributed by atoms with Gasteiger partial charge in [0.25, 0.3) is 0 Å². The SMILES string of the molecule is Cn1cc(-c2c(Cl)cccc2Cl)c(=O)c2cnc(Nc3ccc4c(c3)CNC4(C)C)nc21. The summed E-state index contributed by atoms with van der Waals surface area (Å²) in [6.45, 7) is 5.16. The van der Waals surface area contributed by atoms with Gasteiger partial charge in [-0.3, -0.25) is 4.79 Å². The Balaban J connectivity index is 1.55. The van der Waals surface area contributed by atoms with Gasteiger partial charge in [-0.05, 0) is 49.2 Å². The van der Waals surface area contributed by atoms with Gasteiger partial charge in [0.05, 0.1) is 15.4 Å². The fourth-order valence-corrected chi connectivity index (χ4v) is 4.82. The minimum atomic E-state index is -0.217. The van der Waals surface area contributed by atoms with Gasteiger partial charge >= 0.3 is 0 Å². The highest BCUT2D eigenvalue weighted by atomic mass is 35.5. The summed E-state index contributed by atoms with van der Waals surface area (Å²) in [6.07, 6.45) is 3.25. The molecule has 1 aliphatic heterocycles. The van der Waals surface area contributed by atoms with Gasteiger partial charge in [-0.15, -0.1) is 0 Å². The molecule has 8 heteroatoms. The Hall–Kier alpha value is -2.93. The second-order valence-corrected chi connectivity index (χ2v) is 9.30. The molecule has 0 unspecified atom stereocenters. The fraction of sp³-hybridized carbons (Fsp3) is 0.208. The lowest BCUT2D eigenvalue weighted by Crippen LogP contribution is -2.28. The number of hydrogen-bond acceptors (Lipinski definition) is 5. The van der Waals surface area contributed by atoms with Gasteiger partial charge in [0.2, 0.25) is 11.4 Å². The van der Waals surface area contributed by atoms with Gasteiger partial charge in [-0.2, -0.15) is 4.98 Å². The zero-order chi connectivity index (χ0) is 22.6. The fourth-order valence-electron chi connectivity index (χ4n) is 4.22. The highest BCUT2D eigenvalue weighted by molar-refractivity contribution is 6.39. The number of anilines is 2. The van der Waals surface area contributed by atoms with E-state index in [0.29, 0.717) is 38.2 Å². The first-order valence-corrected chi connectivity index (χ1v) is 11.0. The molecule has 0 saturated heterocycles. The average molecular weight is 466 g/mol. The highest BCUT2D eigenvalue weighted by Gasteiger charge is 2.28. The quantitative estimate of drug-likeness (QED) is 0.424. The Morgan fingerprint density at radius 1 is 1.16 bits per heavy atom. The molecule has 3 heterocycles. The molecule has 32 heavy (non-hydrogen) atoms. The van der Waals surface area contributed by atoms with E-state index in [0.717, 1.165) is 12.2 Å². The molecule has 4 aromatic rings. The van der Waals surface area contributed by atoms with Crippen molar-refractivity contribution in [1.29, 1.82) is 0 Å². The van der Waals surface area contributed by atoms with E-state index in [1.54, 1.807) is 35.2 Å². The molecule has 0 amide bonds. The van der Waals surface area contributed by atoms with E-state index in [-0.39, 0.29) is 11.0 Å². The summed E-state index contributed by atoms with van der Waals surface area (Å²) >= 11 is 12.7. The molecule has 0 fully saturated rings. The van der Waals surface area contributed by atoms with Crippen LogP contribution in [-0.4, -0.2) is 14.5 Å². The van der Waals surface area contributed by atoms with Crippen LogP contribution in [0.3, 0.4) is 0 Å². The van der Waals surface area contributed by atoms with Crippen molar-refractivity contribution in [1.82, 2.24) is 19.9 Å². The largest absolute Gasteiger partial charge is 0.335 e. The third kappa shape index (κ3) is 3.45. The standard InChI is InChI=1S/C24H21Cl2N5O/c1-24(2)17-8-7-14(9-13(17)10-28-24)29-23-27-11-15-21(32)16(12-31(3)22(15)30-23)20-18(25)5-4-6-19(20)26/h4-9,11-12,28H,10H2,1-3H3,(H,27,29,30). The maximum absolute atomic E-state index is 13.2. The molecule has 6 nitrogen and oxygen atoms in total. The van der Waals surface area contributed by atoms with Crippen LogP contribution in [0.4, 0.5) is 11.6 Å². The van der Waals surface area contributed by atoms with Crippen molar-refractivity contribution in [2.45, 2.75) is 25.9 Å². The number of pyridine rings is 1. The van der Waals surface area contributed by atoms with E-state index < -0.39 is 0 Å². The molecule has 0 spiro atoms. The number of hydrogen-bond donors (Lipinski definition) is 2. The lowest BCUT2D eigenvalue weighted by Gasteiger charge is -2.19. The Morgan fingerprint density at radius 3 is 2.66 bits per heavy atom. The normalized spacial score (nSPS) is 14.5. The lowest BCUT2D eigenvalue weighted by molar-refractivity contribution is 0.442. The average Bonchev–Trinajstić information content (AvgIpc) is 3.05. The van der Waals surface area contributed by atoms with E-state index >= 15 is 0 Å². The van der Waals surface area contributed by atoms with E-state index in [2.05, 4.69) is 46.6 Å². The summed E-state index contributed by atoms with van der Waals surface area (Å²) in [7, 11) is 1.83. The summed E-state index contributed by atoms with van der Waals surface area (Å²) in [5.74, 6) is 0.418. The first-order chi connectivity index (χ1) is 15.2. The molecular formula is C24H21Cl2N5O. The van der Waals surface area contributed by atoms with E-state index in [1.807, 2.05) is 13.1 Å². The maximum atomic E-state index is 13.2. The zero-order valence-corrected chi connectivity index (χ0v) is 19.3. The van der Waals surface area contributed by atoms with Crippen molar-refractivity contribution >= 4 is 45.9 Å². The van der Waals surface area contributed by atoms with E-state index in [9.17, 15) is 4.79 Å². The van der Waals surface area contributed by atoms with Crippen LogP contribution in [0.2, 0.25) is 10.0 Å². The summed E-state index contributed by atoms with van der Waals surface area (Å²) in [5, 5.41) is 7.99. The lowest BCUT2D eigenvalue weighted by atomic mass is 9.94. The van der Waals surface area contributed by atoms with Gasteiger partial charge in [-0.1, -0.05) is 35.3 Å². The molecule has 2 aromatic carbocycles. The second-order valence-electron chi connectivity index (χ2n) is 8.49. The summed E-state index contributed by atoms with van der Waals surface area (Å²) in [6, 6.07) is 11.4. The summed E-state index contributed by atoms with van der Waals surface area (Å²) < 4.78 is 1.79. The number of aromatic nitrogens is 3. The monoisotopic (exact) mass is 465 g/mol. The molecule has 2 aromatic heterocycles. The van der Waals surface area contributed by atoms with Crippen molar-refractivity contribution < 1.29 is 0 Å². The number of rotatable bonds is 3. The van der Waals surface area contributed by atoms with E-state index in [4.69, 9.17) is 23.2 Å². The minimum Gasteiger partial charge on any atom is -0.335 e. The number of nitrogens with one attached hydrogen (secondary N) is 2. The van der Waals surface area contributed by atoms with Crippen LogP contribution in [0.5, 0.6) is 0 Å². The van der Waals surface area contributed by atoms with Gasteiger partial charge in [0.1, 0.15) is 5.65 Å². The minimum absolute atomic E-state index is 0.0339. The van der Waals surface area contributed by atoms with Crippen LogP contribution in [-0.2, 0) is 19.1 Å². The Labute approximate surface area is 195 Å². The van der Waals surface area contributed by atoms with Crippen molar-refractivity contribution in [3.8, 4) is 11.1 Å². The van der Waals surface area contributed by atoms with Crippen LogP contribution in [0.1, 0.15) is 25.0 Å². The molecule has 0 radical (unpaired) electrons. The summed E-state index contributed by atoms with van der Waals surface area (Å²) in [5.41, 5.74) is 4.61. The smallest absolute Gasteiger partial charge is 0.229 e. The third-order valence-electron chi connectivity index (χ3n) is 5.90. The van der Waals surface area contributed by atoms with Crippen LogP contribution in [0, 0.1) is 0 Å². The predicted molar refractivity (Wildman–Crippen MR) is 130 cm³/mol. The maximum Gasteiger partial charge on any atom is 0.229 e. The molecule has 0 atom stereocenters. The Bertz CT molecular complexity index is 1420. The van der Waals surface area contributed by atoms with Crippen molar-refractivity contribution in [3.05, 3.63) is 80.2 Å². The van der Waals surface area contributed by atoms with Gasteiger partial charge in [-0.25, -0.2) is 4.98 Å². The van der Waals surface area contributed by atoms with Crippen LogP contribution < -0.4 is 16.1 Å². The van der Waals surface area contributed by atoms with Crippen LogP contribution >= 0.6 is 23.2 Å². The highest BCUT2D eigenvalue weighted by Crippen LogP contribution is 2.34. The topological polar surface area (TPSA) is 71.8 Å². The number of fused-ring (bicyclic) bond motifs is 2. The molecular weight excluding hydrogens is 445 g/mol. The van der Waals surface area contributed by atoms with Gasteiger partial charge in [0, 0.05) is 48.3 Å².